The summed E-state index contributed by atoms with van der Waals surface area (Å²) in [4.78, 5) is 2.11. The average molecular weight is 239 g/mol. The number of nitrogen functional groups attached to an aromatic ring is 1. The minimum atomic E-state index is 0.112. The van der Waals surface area contributed by atoms with E-state index in [4.69, 9.17) is 11.1 Å². The number of hydrogen-bond donors (Lipinski definition) is 2. The summed E-state index contributed by atoms with van der Waals surface area (Å²) >= 11 is 0. The number of hydrogen-bond acceptors (Lipinski definition) is 2. The Labute approximate surface area is 107 Å². The molecule has 0 aliphatic rings. The molecule has 0 aliphatic heterocycles. The zero-order valence-electron chi connectivity index (χ0n) is 10.6. The van der Waals surface area contributed by atoms with Gasteiger partial charge in [0.2, 0.25) is 0 Å². The number of nitrogens with zero attached hydrogens (tertiary/aromatic N) is 1. The fraction of sp³-hybridized carbons (Fsp3) is 0.133. The first kappa shape index (κ1) is 12.2. The van der Waals surface area contributed by atoms with E-state index in [1.54, 1.807) is 0 Å². The van der Waals surface area contributed by atoms with Gasteiger partial charge in [-0.25, -0.2) is 0 Å². The predicted octanol–water partition coefficient (Wildman–Crippen LogP) is 3.05. The van der Waals surface area contributed by atoms with Crippen LogP contribution in [0.15, 0.2) is 48.5 Å². The van der Waals surface area contributed by atoms with Crippen LogP contribution in [0.3, 0.4) is 0 Å². The molecule has 92 valence electrons. The molecule has 2 aromatic carbocycles. The van der Waals surface area contributed by atoms with Crippen LogP contribution < -0.4 is 10.6 Å². The molecule has 2 aromatic rings. The van der Waals surface area contributed by atoms with Crippen molar-refractivity contribution in [3.05, 3.63) is 59.7 Å². The fourth-order valence-corrected chi connectivity index (χ4v) is 1.96. The molecule has 0 spiro atoms. The highest BCUT2D eigenvalue weighted by molar-refractivity contribution is 5.96. The quantitative estimate of drug-likeness (QED) is 0.639. The zero-order valence-corrected chi connectivity index (χ0v) is 10.6. The molecule has 0 saturated heterocycles. The van der Waals surface area contributed by atoms with Crippen molar-refractivity contribution in [2.24, 2.45) is 5.73 Å². The van der Waals surface area contributed by atoms with E-state index < -0.39 is 0 Å². The Kier molecular flexibility index (Phi) is 3.33. The van der Waals surface area contributed by atoms with Gasteiger partial charge in [0, 0.05) is 24.0 Å². The number of para-hydroxylation sites is 1. The van der Waals surface area contributed by atoms with Crippen LogP contribution in [-0.4, -0.2) is 12.9 Å². The van der Waals surface area contributed by atoms with Crippen molar-refractivity contribution < 1.29 is 0 Å². The lowest BCUT2D eigenvalue weighted by Crippen LogP contribution is -2.14. The fourth-order valence-electron chi connectivity index (χ4n) is 1.96. The van der Waals surface area contributed by atoms with Crippen LogP contribution in [0.5, 0.6) is 0 Å². The summed E-state index contributed by atoms with van der Waals surface area (Å²) in [7, 11) is 2.03. The molecular weight excluding hydrogens is 222 g/mol. The van der Waals surface area contributed by atoms with Gasteiger partial charge in [-0.1, -0.05) is 18.2 Å². The Bertz CT molecular complexity index is 561. The second-order valence-corrected chi connectivity index (χ2v) is 4.31. The van der Waals surface area contributed by atoms with E-state index in [2.05, 4.69) is 17.0 Å². The maximum Gasteiger partial charge on any atom is 0.123 e. The number of nitrogens with one attached hydrogen (secondary N) is 1. The lowest BCUT2D eigenvalue weighted by Gasteiger charge is -2.20. The van der Waals surface area contributed by atoms with E-state index in [9.17, 15) is 0 Å². The van der Waals surface area contributed by atoms with Gasteiger partial charge in [-0.2, -0.15) is 0 Å². The highest BCUT2D eigenvalue weighted by Gasteiger charge is 2.07. The molecular formula is C15H17N3. The normalized spacial score (nSPS) is 10.1. The summed E-state index contributed by atoms with van der Waals surface area (Å²) < 4.78 is 0. The van der Waals surface area contributed by atoms with Crippen molar-refractivity contribution in [2.75, 3.05) is 11.9 Å². The van der Waals surface area contributed by atoms with E-state index in [1.165, 1.54) is 0 Å². The Morgan fingerprint density at radius 3 is 2.28 bits per heavy atom. The lowest BCUT2D eigenvalue weighted by molar-refractivity contribution is 1.20. The number of rotatable bonds is 3. The molecule has 0 aliphatic carbocycles. The maximum atomic E-state index is 7.48. The lowest BCUT2D eigenvalue weighted by atomic mass is 10.1. The van der Waals surface area contributed by atoms with Crippen molar-refractivity contribution in [3.63, 3.8) is 0 Å². The molecule has 3 heteroatoms. The average Bonchev–Trinajstić information content (AvgIpc) is 2.38. The van der Waals surface area contributed by atoms with Crippen molar-refractivity contribution in [3.8, 4) is 0 Å². The van der Waals surface area contributed by atoms with Gasteiger partial charge in [-0.15, -0.1) is 0 Å². The summed E-state index contributed by atoms with van der Waals surface area (Å²) in [5.41, 5.74) is 9.55. The monoisotopic (exact) mass is 239 g/mol. The molecule has 0 atom stereocenters. The number of benzene rings is 2. The van der Waals surface area contributed by atoms with Gasteiger partial charge in [0.05, 0.1) is 0 Å². The summed E-state index contributed by atoms with van der Waals surface area (Å²) in [6.45, 7) is 1.97. The topological polar surface area (TPSA) is 53.1 Å². The minimum Gasteiger partial charge on any atom is -0.384 e. The Balaban J connectivity index is 2.35. The van der Waals surface area contributed by atoms with Crippen molar-refractivity contribution >= 4 is 17.2 Å². The third-order valence-corrected chi connectivity index (χ3v) is 3.03. The summed E-state index contributed by atoms with van der Waals surface area (Å²) in [6, 6.07) is 16.1. The van der Waals surface area contributed by atoms with Crippen molar-refractivity contribution in [1.82, 2.24) is 0 Å². The zero-order chi connectivity index (χ0) is 13.1. The summed E-state index contributed by atoms with van der Waals surface area (Å²) in [6.07, 6.45) is 0. The van der Waals surface area contributed by atoms with Gasteiger partial charge >= 0.3 is 0 Å². The van der Waals surface area contributed by atoms with Gasteiger partial charge < -0.3 is 10.6 Å². The molecule has 18 heavy (non-hydrogen) atoms. The second-order valence-electron chi connectivity index (χ2n) is 4.31. The third kappa shape index (κ3) is 2.35. The van der Waals surface area contributed by atoms with E-state index >= 15 is 0 Å². The highest BCUT2D eigenvalue weighted by Crippen LogP contribution is 2.25. The van der Waals surface area contributed by atoms with Gasteiger partial charge in [0.1, 0.15) is 5.84 Å². The predicted molar refractivity (Wildman–Crippen MR) is 76.7 cm³/mol. The maximum absolute atomic E-state index is 7.48. The van der Waals surface area contributed by atoms with Crippen LogP contribution in [0.2, 0.25) is 0 Å². The van der Waals surface area contributed by atoms with Crippen LogP contribution in [0.25, 0.3) is 0 Å². The third-order valence-electron chi connectivity index (χ3n) is 3.03. The number of amidine groups is 1. The molecule has 0 unspecified atom stereocenters. The van der Waals surface area contributed by atoms with Crippen LogP contribution in [0.1, 0.15) is 11.1 Å². The van der Waals surface area contributed by atoms with Crippen molar-refractivity contribution in [1.29, 1.82) is 5.41 Å². The second kappa shape index (κ2) is 4.92. The van der Waals surface area contributed by atoms with Crippen molar-refractivity contribution in [2.45, 2.75) is 6.92 Å². The minimum absolute atomic E-state index is 0.112. The highest BCUT2D eigenvalue weighted by atomic mass is 15.1. The van der Waals surface area contributed by atoms with Crippen LogP contribution in [-0.2, 0) is 0 Å². The van der Waals surface area contributed by atoms with E-state index in [-0.39, 0.29) is 5.84 Å². The largest absolute Gasteiger partial charge is 0.384 e. The molecule has 0 fully saturated rings. The van der Waals surface area contributed by atoms with E-state index in [1.807, 2.05) is 50.4 Å². The van der Waals surface area contributed by atoms with Gasteiger partial charge in [0.25, 0.3) is 0 Å². The van der Waals surface area contributed by atoms with Gasteiger partial charge in [0.15, 0.2) is 0 Å². The Morgan fingerprint density at radius 2 is 1.72 bits per heavy atom. The number of nitrogens with two attached hydrogens (primary N) is 1. The van der Waals surface area contributed by atoms with Gasteiger partial charge in [-0.05, 0) is 42.8 Å². The molecule has 0 amide bonds. The SMILES string of the molecule is Cc1cc(N(C)c2ccccc2)ccc1C(=N)N. The number of anilines is 2. The van der Waals surface area contributed by atoms with E-state index in [0.717, 1.165) is 22.5 Å². The molecule has 0 bridgehead atoms. The first-order valence-electron chi connectivity index (χ1n) is 5.83. The van der Waals surface area contributed by atoms with Gasteiger partial charge in [-0.3, -0.25) is 5.41 Å². The van der Waals surface area contributed by atoms with E-state index in [0.29, 0.717) is 0 Å². The molecule has 3 N–H and O–H groups in total. The smallest absolute Gasteiger partial charge is 0.123 e. The molecule has 2 rings (SSSR count). The molecule has 0 heterocycles. The number of aryl methyl sites for hydroxylation is 1. The summed E-state index contributed by atoms with van der Waals surface area (Å²) in [5.74, 6) is 0.112. The molecule has 0 radical (unpaired) electrons. The first-order valence-corrected chi connectivity index (χ1v) is 5.83. The first-order chi connectivity index (χ1) is 8.59. The van der Waals surface area contributed by atoms with Crippen LogP contribution in [0.4, 0.5) is 11.4 Å². The van der Waals surface area contributed by atoms with Crippen LogP contribution >= 0.6 is 0 Å². The molecule has 3 nitrogen and oxygen atoms in total. The summed E-state index contributed by atoms with van der Waals surface area (Å²) in [5, 5.41) is 7.48. The van der Waals surface area contributed by atoms with Crippen LogP contribution in [0, 0.1) is 12.3 Å². The standard InChI is InChI=1S/C15H17N3/c1-11-10-13(8-9-14(11)15(16)17)18(2)12-6-4-3-5-7-12/h3-10H,1-2H3,(H3,16,17). The Morgan fingerprint density at radius 1 is 1.06 bits per heavy atom. The Hall–Kier alpha value is -2.29. The molecule has 0 saturated carbocycles. The molecule has 0 aromatic heterocycles.